The van der Waals surface area contributed by atoms with Crippen LogP contribution in [0.3, 0.4) is 0 Å². The number of anilines is 2. The van der Waals surface area contributed by atoms with E-state index in [1.807, 2.05) is 4.90 Å². The van der Waals surface area contributed by atoms with Crippen LogP contribution in [0.4, 0.5) is 24.7 Å². The summed E-state index contributed by atoms with van der Waals surface area (Å²) in [6, 6.07) is 4.85. The Morgan fingerprint density at radius 2 is 2.08 bits per heavy atom. The molecule has 25 heavy (non-hydrogen) atoms. The smallest absolute Gasteiger partial charge is 0.264 e. The number of aromatic nitrogens is 3. The predicted molar refractivity (Wildman–Crippen MR) is 88.1 cm³/mol. The van der Waals surface area contributed by atoms with Crippen LogP contribution in [0.5, 0.6) is 0 Å². The molecule has 3 aromatic rings. The van der Waals surface area contributed by atoms with Crippen LogP contribution in [0.15, 0.2) is 36.7 Å². The minimum absolute atomic E-state index is 0.136. The summed E-state index contributed by atoms with van der Waals surface area (Å²) >= 11 is 0. The molecule has 130 valence electrons. The summed E-state index contributed by atoms with van der Waals surface area (Å²) in [4.78, 5) is 6.43. The molecule has 8 heteroatoms. The number of rotatable bonds is 3. The molecule has 0 radical (unpaired) electrons. The molecular weight excluding hydrogens is 331 g/mol. The molecule has 2 N–H and O–H groups in total. The maximum absolute atomic E-state index is 13.7. The summed E-state index contributed by atoms with van der Waals surface area (Å²) < 4.78 is 42.0. The van der Waals surface area contributed by atoms with E-state index >= 15 is 0 Å². The van der Waals surface area contributed by atoms with Crippen LogP contribution in [0.2, 0.25) is 0 Å². The summed E-state index contributed by atoms with van der Waals surface area (Å²) in [5.74, 6) is 0.0985. The van der Waals surface area contributed by atoms with Crippen LogP contribution < -0.4 is 10.6 Å². The van der Waals surface area contributed by atoms with Crippen LogP contribution in [0.25, 0.3) is 5.65 Å². The normalized spacial score (nSPS) is 17.8. The second-order valence-corrected chi connectivity index (χ2v) is 6.08. The third-order valence-corrected chi connectivity index (χ3v) is 4.57. The van der Waals surface area contributed by atoms with Crippen molar-refractivity contribution in [2.45, 2.75) is 25.3 Å². The van der Waals surface area contributed by atoms with Gasteiger partial charge in [-0.05, 0) is 36.6 Å². The molecule has 1 aliphatic rings. The highest BCUT2D eigenvalue weighted by molar-refractivity contribution is 5.65. The molecule has 0 amide bonds. The van der Waals surface area contributed by atoms with Gasteiger partial charge >= 0.3 is 0 Å². The molecule has 1 unspecified atom stereocenters. The maximum Gasteiger partial charge on any atom is 0.264 e. The van der Waals surface area contributed by atoms with E-state index in [0.29, 0.717) is 35.7 Å². The lowest BCUT2D eigenvalue weighted by atomic mass is 9.98. The van der Waals surface area contributed by atoms with Gasteiger partial charge in [-0.3, -0.25) is 0 Å². The highest BCUT2D eigenvalue weighted by atomic mass is 19.3. The summed E-state index contributed by atoms with van der Waals surface area (Å²) in [6.45, 7) is 0.654. The van der Waals surface area contributed by atoms with Gasteiger partial charge in [0.05, 0.1) is 17.9 Å². The Labute approximate surface area is 141 Å². The zero-order valence-electron chi connectivity index (χ0n) is 13.2. The molecule has 1 fully saturated rings. The number of nitrogens with two attached hydrogens (primary N) is 1. The number of nitrogen functional groups attached to an aromatic ring is 1. The largest absolute Gasteiger partial charge is 0.394 e. The van der Waals surface area contributed by atoms with Crippen LogP contribution in [-0.2, 0) is 0 Å². The lowest BCUT2D eigenvalue weighted by molar-refractivity contribution is 0.149. The molecule has 5 nitrogen and oxygen atoms in total. The van der Waals surface area contributed by atoms with Gasteiger partial charge in [0, 0.05) is 18.3 Å². The van der Waals surface area contributed by atoms with Gasteiger partial charge in [0.25, 0.3) is 6.43 Å². The summed E-state index contributed by atoms with van der Waals surface area (Å²) in [7, 11) is 0. The fourth-order valence-corrected chi connectivity index (χ4v) is 3.43. The van der Waals surface area contributed by atoms with Gasteiger partial charge in [0.1, 0.15) is 11.6 Å². The fourth-order valence-electron chi connectivity index (χ4n) is 3.43. The molecule has 0 spiro atoms. The molecule has 1 saturated heterocycles. The molecule has 2 aromatic heterocycles. The minimum Gasteiger partial charge on any atom is -0.394 e. The van der Waals surface area contributed by atoms with Gasteiger partial charge in [-0.15, -0.1) is 0 Å². The molecule has 4 rings (SSSR count). The van der Waals surface area contributed by atoms with E-state index in [9.17, 15) is 13.2 Å². The number of hydrogen-bond acceptors (Lipinski definition) is 4. The molecule has 0 saturated carbocycles. The number of nitrogens with zero attached hydrogens (tertiary/aromatic N) is 4. The van der Waals surface area contributed by atoms with Crippen molar-refractivity contribution in [1.82, 2.24) is 14.6 Å². The van der Waals surface area contributed by atoms with Crippen LogP contribution in [0, 0.1) is 5.82 Å². The van der Waals surface area contributed by atoms with E-state index < -0.39 is 12.2 Å². The fraction of sp³-hybridized carbons (Fsp3) is 0.294. The highest BCUT2D eigenvalue weighted by Crippen LogP contribution is 2.39. The lowest BCUT2D eigenvalue weighted by Crippen LogP contribution is -2.25. The molecular formula is C17H16F3N5. The van der Waals surface area contributed by atoms with Crippen LogP contribution in [-0.4, -0.2) is 21.1 Å². The Hall–Kier alpha value is -2.77. The van der Waals surface area contributed by atoms with Crippen molar-refractivity contribution in [3.8, 4) is 0 Å². The van der Waals surface area contributed by atoms with Crippen molar-refractivity contribution in [3.05, 3.63) is 53.6 Å². The van der Waals surface area contributed by atoms with Gasteiger partial charge in [-0.25, -0.2) is 22.7 Å². The van der Waals surface area contributed by atoms with E-state index in [4.69, 9.17) is 5.73 Å². The molecule has 0 aliphatic carbocycles. The Morgan fingerprint density at radius 1 is 1.24 bits per heavy atom. The second-order valence-electron chi connectivity index (χ2n) is 6.08. The Bertz CT molecular complexity index is 924. The molecule has 3 heterocycles. The standard InChI is InChI=1S/C17H16F3N5/c18-10-3-4-11(16(19)20)12(8-10)14-2-1-6-24(14)15-5-7-25-17(23-15)13(21)9-22-25/h3-5,7-9,14,16H,1-2,6,21H2. The number of benzene rings is 1. The maximum atomic E-state index is 13.7. The number of hydrogen-bond donors (Lipinski definition) is 1. The summed E-state index contributed by atoms with van der Waals surface area (Å²) in [5.41, 5.74) is 6.99. The number of fused-ring (bicyclic) bond motifs is 1. The third-order valence-electron chi connectivity index (χ3n) is 4.57. The average Bonchev–Trinajstić information content (AvgIpc) is 3.21. The first-order valence-electron chi connectivity index (χ1n) is 7.98. The minimum atomic E-state index is -2.65. The summed E-state index contributed by atoms with van der Waals surface area (Å²) in [5, 5.41) is 4.07. The van der Waals surface area contributed by atoms with Gasteiger partial charge in [0.2, 0.25) is 0 Å². The van der Waals surface area contributed by atoms with Gasteiger partial charge < -0.3 is 10.6 Å². The van der Waals surface area contributed by atoms with E-state index in [-0.39, 0.29) is 11.6 Å². The van der Waals surface area contributed by atoms with E-state index in [1.165, 1.54) is 12.3 Å². The van der Waals surface area contributed by atoms with Crippen molar-refractivity contribution < 1.29 is 13.2 Å². The van der Waals surface area contributed by atoms with E-state index in [0.717, 1.165) is 18.6 Å². The van der Waals surface area contributed by atoms with E-state index in [1.54, 1.807) is 16.8 Å². The van der Waals surface area contributed by atoms with Crippen molar-refractivity contribution in [2.24, 2.45) is 0 Å². The quantitative estimate of drug-likeness (QED) is 0.784. The van der Waals surface area contributed by atoms with Gasteiger partial charge in [0.15, 0.2) is 5.65 Å². The lowest BCUT2D eigenvalue weighted by Gasteiger charge is -2.27. The van der Waals surface area contributed by atoms with Crippen molar-refractivity contribution in [3.63, 3.8) is 0 Å². The zero-order chi connectivity index (χ0) is 17.6. The van der Waals surface area contributed by atoms with Crippen molar-refractivity contribution >= 4 is 17.2 Å². The first kappa shape index (κ1) is 15.7. The Morgan fingerprint density at radius 3 is 2.88 bits per heavy atom. The van der Waals surface area contributed by atoms with Crippen molar-refractivity contribution in [1.29, 1.82) is 0 Å². The number of alkyl halides is 2. The Balaban J connectivity index is 1.77. The number of halogens is 3. The van der Waals surface area contributed by atoms with Gasteiger partial charge in [-0.1, -0.05) is 6.07 Å². The molecule has 1 aliphatic heterocycles. The monoisotopic (exact) mass is 347 g/mol. The first-order chi connectivity index (χ1) is 12.0. The molecule has 1 atom stereocenters. The first-order valence-corrected chi connectivity index (χ1v) is 7.98. The van der Waals surface area contributed by atoms with Crippen molar-refractivity contribution in [2.75, 3.05) is 17.2 Å². The zero-order valence-corrected chi connectivity index (χ0v) is 13.2. The second kappa shape index (κ2) is 5.94. The highest BCUT2D eigenvalue weighted by Gasteiger charge is 2.31. The summed E-state index contributed by atoms with van der Waals surface area (Å²) in [6.07, 6.45) is 2.05. The third kappa shape index (κ3) is 2.67. The van der Waals surface area contributed by atoms with Gasteiger partial charge in [-0.2, -0.15) is 5.10 Å². The topological polar surface area (TPSA) is 59.4 Å². The predicted octanol–water partition coefficient (Wildman–Crippen LogP) is 3.73. The molecule has 0 bridgehead atoms. The van der Waals surface area contributed by atoms with E-state index in [2.05, 4.69) is 10.1 Å². The molecule has 1 aromatic carbocycles. The van der Waals surface area contributed by atoms with Crippen LogP contribution >= 0.6 is 0 Å². The van der Waals surface area contributed by atoms with Crippen LogP contribution in [0.1, 0.15) is 36.4 Å². The Kier molecular flexibility index (Phi) is 3.74. The average molecular weight is 347 g/mol. The SMILES string of the molecule is Nc1cnn2ccc(N3CCCC3c3cc(F)ccc3C(F)F)nc12.